The third kappa shape index (κ3) is 2.14. The molecule has 2 aromatic carbocycles. The predicted octanol–water partition coefficient (Wildman–Crippen LogP) is 4.48. The second-order valence-electron chi connectivity index (χ2n) is 6.07. The molecule has 4 rings (SSSR count). The Morgan fingerprint density at radius 3 is 2.50 bits per heavy atom. The Hall–Kier alpha value is -2.41. The van der Waals surface area contributed by atoms with E-state index in [1.807, 2.05) is 6.07 Å². The van der Waals surface area contributed by atoms with Gasteiger partial charge in [0.25, 0.3) is 0 Å². The molecule has 0 fully saturated rings. The highest BCUT2D eigenvalue weighted by Crippen LogP contribution is 2.38. The highest BCUT2D eigenvalue weighted by atomic mass is 16.1. The van der Waals surface area contributed by atoms with Crippen LogP contribution >= 0.6 is 0 Å². The lowest BCUT2D eigenvalue weighted by molar-refractivity contribution is -0.108. The quantitative estimate of drug-likeness (QED) is 0.706. The smallest absolute Gasteiger partial charge is 0.131 e. The average Bonchev–Trinajstić information content (AvgIpc) is 2.60. The first kappa shape index (κ1) is 13.3. The summed E-state index contributed by atoms with van der Waals surface area (Å²) in [6.45, 7) is 0. The lowest BCUT2D eigenvalue weighted by Gasteiger charge is -2.28. The van der Waals surface area contributed by atoms with Crippen molar-refractivity contribution in [2.75, 3.05) is 0 Å². The first-order valence-electron chi connectivity index (χ1n) is 7.88. The number of aldehydes is 1. The summed E-state index contributed by atoms with van der Waals surface area (Å²) in [5, 5.41) is 0. The topological polar surface area (TPSA) is 17.1 Å². The zero-order chi connectivity index (χ0) is 14.9. The summed E-state index contributed by atoms with van der Waals surface area (Å²) in [5.41, 5.74) is 7.80. The third-order valence-electron chi connectivity index (χ3n) is 4.88. The molecule has 1 unspecified atom stereocenters. The summed E-state index contributed by atoms with van der Waals surface area (Å²) >= 11 is 0. The molecule has 0 radical (unpaired) electrons. The van der Waals surface area contributed by atoms with Crippen LogP contribution in [0.3, 0.4) is 0 Å². The molecule has 0 aliphatic heterocycles. The Morgan fingerprint density at radius 1 is 0.864 bits per heavy atom. The fourth-order valence-electron chi connectivity index (χ4n) is 3.73. The number of hydrogen-bond acceptors (Lipinski definition) is 1. The fraction of sp³-hybridized carbons (Fsp3) is 0.190. The summed E-state index contributed by atoms with van der Waals surface area (Å²) in [4.78, 5) is 11.8. The van der Waals surface area contributed by atoms with Gasteiger partial charge in [0, 0.05) is 0 Å². The van der Waals surface area contributed by atoms with Crippen molar-refractivity contribution >= 4 is 12.4 Å². The molecule has 0 spiro atoms. The lowest BCUT2D eigenvalue weighted by Crippen LogP contribution is -2.16. The molecule has 0 saturated heterocycles. The van der Waals surface area contributed by atoms with Gasteiger partial charge in [0.1, 0.15) is 6.29 Å². The molecule has 0 bridgehead atoms. The van der Waals surface area contributed by atoms with E-state index < -0.39 is 0 Å². The summed E-state index contributed by atoms with van der Waals surface area (Å²) in [6, 6.07) is 16.9. The maximum atomic E-state index is 11.8. The summed E-state index contributed by atoms with van der Waals surface area (Å²) in [6.07, 6.45) is 8.48. The van der Waals surface area contributed by atoms with E-state index in [2.05, 4.69) is 54.6 Å². The second kappa shape index (κ2) is 5.42. The van der Waals surface area contributed by atoms with Crippen LogP contribution in [0.4, 0.5) is 0 Å². The van der Waals surface area contributed by atoms with Crippen LogP contribution in [0.5, 0.6) is 0 Å². The third-order valence-corrected chi connectivity index (χ3v) is 4.88. The van der Waals surface area contributed by atoms with E-state index in [4.69, 9.17) is 0 Å². The second-order valence-corrected chi connectivity index (χ2v) is 6.07. The molecule has 0 aromatic heterocycles. The normalized spacial score (nSPS) is 22.8. The fourth-order valence-corrected chi connectivity index (χ4v) is 3.73. The summed E-state index contributed by atoms with van der Waals surface area (Å²) < 4.78 is 0. The molecule has 0 amide bonds. The minimum atomic E-state index is -0.0742. The van der Waals surface area contributed by atoms with Gasteiger partial charge in [-0.1, -0.05) is 66.3 Å². The number of benzene rings is 2. The summed E-state index contributed by atoms with van der Waals surface area (Å²) in [5.74, 6) is -0.0742. The number of carbonyl (C=O) groups is 1. The highest BCUT2D eigenvalue weighted by molar-refractivity contribution is 5.72. The number of aryl methyl sites for hydroxylation is 1. The number of fused-ring (bicyclic) bond motifs is 2. The molecule has 2 aliphatic carbocycles. The number of carbonyl (C=O) groups excluding carboxylic acids is 1. The van der Waals surface area contributed by atoms with Gasteiger partial charge in [-0.3, -0.25) is 0 Å². The van der Waals surface area contributed by atoms with Gasteiger partial charge < -0.3 is 4.79 Å². The van der Waals surface area contributed by atoms with Crippen LogP contribution < -0.4 is 0 Å². The van der Waals surface area contributed by atoms with E-state index >= 15 is 0 Å². The number of rotatable bonds is 1. The Bertz CT molecular complexity index is 795. The van der Waals surface area contributed by atoms with Crippen LogP contribution in [0.25, 0.3) is 6.08 Å². The molecule has 1 atom stereocenters. The molecular weight excluding hydrogens is 268 g/mol. The first-order valence-corrected chi connectivity index (χ1v) is 7.88. The summed E-state index contributed by atoms with van der Waals surface area (Å²) in [7, 11) is 0. The van der Waals surface area contributed by atoms with Crippen LogP contribution in [-0.4, -0.2) is 6.29 Å². The van der Waals surface area contributed by atoms with E-state index in [1.165, 1.54) is 33.4 Å². The monoisotopic (exact) mass is 286 g/mol. The predicted molar refractivity (Wildman–Crippen MR) is 89.8 cm³/mol. The van der Waals surface area contributed by atoms with Crippen molar-refractivity contribution in [2.45, 2.75) is 25.2 Å². The number of allylic oxidation sites excluding steroid dienone is 3. The van der Waals surface area contributed by atoms with Gasteiger partial charge in [-0.2, -0.15) is 0 Å². The first-order chi connectivity index (χ1) is 10.9. The van der Waals surface area contributed by atoms with Gasteiger partial charge in [-0.25, -0.2) is 0 Å². The van der Waals surface area contributed by atoms with Crippen molar-refractivity contribution in [3.8, 4) is 0 Å². The molecule has 1 nitrogen and oxygen atoms in total. The Kier molecular flexibility index (Phi) is 3.27. The SMILES string of the molecule is O=CC1C(=C2C=Cc3ccccc3C2)CCc2ccccc21. The van der Waals surface area contributed by atoms with Crippen molar-refractivity contribution in [3.05, 3.63) is 88.0 Å². The maximum Gasteiger partial charge on any atom is 0.131 e. The van der Waals surface area contributed by atoms with Gasteiger partial charge in [-0.15, -0.1) is 0 Å². The largest absolute Gasteiger partial charge is 0.302 e. The van der Waals surface area contributed by atoms with E-state index in [-0.39, 0.29) is 5.92 Å². The van der Waals surface area contributed by atoms with E-state index in [1.54, 1.807) is 0 Å². The molecule has 1 heteroatoms. The molecule has 22 heavy (non-hydrogen) atoms. The van der Waals surface area contributed by atoms with Gasteiger partial charge in [0.2, 0.25) is 0 Å². The zero-order valence-corrected chi connectivity index (χ0v) is 12.5. The van der Waals surface area contributed by atoms with E-state index in [0.717, 1.165) is 25.5 Å². The number of hydrogen-bond donors (Lipinski definition) is 0. The van der Waals surface area contributed by atoms with Crippen molar-refractivity contribution in [1.82, 2.24) is 0 Å². The minimum absolute atomic E-state index is 0.0742. The molecule has 108 valence electrons. The zero-order valence-electron chi connectivity index (χ0n) is 12.5. The molecule has 0 heterocycles. The molecule has 2 aliphatic rings. The van der Waals surface area contributed by atoms with Crippen LogP contribution in [0.1, 0.15) is 34.6 Å². The Labute approximate surface area is 131 Å². The van der Waals surface area contributed by atoms with Crippen LogP contribution in [0, 0.1) is 0 Å². The van der Waals surface area contributed by atoms with E-state index in [9.17, 15) is 4.79 Å². The van der Waals surface area contributed by atoms with E-state index in [0.29, 0.717) is 0 Å². The minimum Gasteiger partial charge on any atom is -0.302 e. The van der Waals surface area contributed by atoms with Crippen molar-refractivity contribution in [1.29, 1.82) is 0 Å². The van der Waals surface area contributed by atoms with Crippen molar-refractivity contribution in [2.24, 2.45) is 0 Å². The van der Waals surface area contributed by atoms with Gasteiger partial charge in [0.05, 0.1) is 5.92 Å². The maximum absolute atomic E-state index is 11.8. The van der Waals surface area contributed by atoms with Crippen LogP contribution in [0.15, 0.2) is 65.8 Å². The molecule has 2 aromatic rings. The Morgan fingerprint density at radius 2 is 1.64 bits per heavy atom. The van der Waals surface area contributed by atoms with Gasteiger partial charge >= 0.3 is 0 Å². The van der Waals surface area contributed by atoms with Gasteiger partial charge in [-0.05, 0) is 47.1 Å². The lowest BCUT2D eigenvalue weighted by atomic mass is 9.76. The standard InChI is InChI=1S/C21H18O/c22-14-21-19-8-4-3-6-16(19)11-12-20(21)18-10-9-15-5-1-2-7-17(15)13-18/h1-10,14,21H,11-13H2. The van der Waals surface area contributed by atoms with Gasteiger partial charge in [0.15, 0.2) is 0 Å². The molecule has 0 N–H and O–H groups in total. The van der Waals surface area contributed by atoms with Crippen LogP contribution in [-0.2, 0) is 17.6 Å². The molecular formula is C21H18O. The highest BCUT2D eigenvalue weighted by Gasteiger charge is 2.26. The van der Waals surface area contributed by atoms with Crippen LogP contribution in [0.2, 0.25) is 0 Å². The van der Waals surface area contributed by atoms with Crippen molar-refractivity contribution < 1.29 is 4.79 Å². The van der Waals surface area contributed by atoms with Crippen molar-refractivity contribution in [3.63, 3.8) is 0 Å². The molecule has 0 saturated carbocycles. The Balaban J connectivity index is 1.79. The average molecular weight is 286 g/mol.